The molecule has 0 saturated carbocycles. The first-order valence-corrected chi connectivity index (χ1v) is 25.5. The van der Waals surface area contributed by atoms with Gasteiger partial charge in [-0.2, -0.15) is 0 Å². The highest BCUT2D eigenvalue weighted by Gasteiger charge is 2.54. The third kappa shape index (κ3) is 5.61. The van der Waals surface area contributed by atoms with Crippen LogP contribution >= 0.6 is 0 Å². The number of nitrogens with zero attached hydrogens (tertiary/aromatic N) is 1. The van der Waals surface area contributed by atoms with Gasteiger partial charge in [-0.25, -0.2) is 0 Å². The molecule has 1 spiro atoms. The van der Waals surface area contributed by atoms with Crippen molar-refractivity contribution < 1.29 is 9.15 Å². The summed E-state index contributed by atoms with van der Waals surface area (Å²) in [5.41, 5.74) is 16.1. The van der Waals surface area contributed by atoms with Crippen molar-refractivity contribution >= 4 is 82.1 Å². The van der Waals surface area contributed by atoms with Gasteiger partial charge < -0.3 is 14.1 Å². The lowest BCUT2D eigenvalue weighted by Gasteiger charge is -2.42. The van der Waals surface area contributed by atoms with Crippen molar-refractivity contribution in [3.8, 4) is 44.9 Å². The van der Waals surface area contributed by atoms with E-state index in [0.717, 1.165) is 83.5 Å². The fraction of sp³-hybridized carbons (Fsp3) is 0.0141. The summed E-state index contributed by atoms with van der Waals surface area (Å²) in [6, 6.07) is 95.4. The average Bonchev–Trinajstić information content (AvgIpc) is 4.07. The third-order valence-electron chi connectivity index (χ3n) is 16.1. The Morgan fingerprint density at radius 1 is 0.284 bits per heavy atom. The number of fused-ring (bicyclic) bond motifs is 22. The van der Waals surface area contributed by atoms with E-state index in [4.69, 9.17) is 9.15 Å². The summed E-state index contributed by atoms with van der Waals surface area (Å²) in [5.74, 6) is 1.83. The second-order valence-electron chi connectivity index (χ2n) is 19.8. The molecule has 1 aliphatic heterocycles. The Kier molecular flexibility index (Phi) is 8.66. The summed E-state index contributed by atoms with van der Waals surface area (Å²) >= 11 is 0. The van der Waals surface area contributed by atoms with Crippen LogP contribution in [0.5, 0.6) is 11.5 Å². The molecule has 0 bridgehead atoms. The lowest BCUT2D eigenvalue weighted by molar-refractivity contribution is 0.451. The average molecular weight is 942 g/mol. The first-order valence-electron chi connectivity index (χ1n) is 25.5. The molecular weight excluding hydrogens is 899 g/mol. The normalized spacial score (nSPS) is 13.1. The first-order chi connectivity index (χ1) is 36.7. The Morgan fingerprint density at radius 2 is 0.770 bits per heavy atom. The highest BCUT2D eigenvalue weighted by molar-refractivity contribution is 6.19. The van der Waals surface area contributed by atoms with E-state index in [-0.39, 0.29) is 0 Å². The van der Waals surface area contributed by atoms with Crippen LogP contribution < -0.4 is 9.64 Å². The van der Waals surface area contributed by atoms with Crippen molar-refractivity contribution in [2.24, 2.45) is 0 Å². The Hall–Kier alpha value is -9.70. The van der Waals surface area contributed by atoms with Crippen molar-refractivity contribution in [3.63, 3.8) is 0 Å². The van der Waals surface area contributed by atoms with Crippen LogP contribution in [0.25, 0.3) is 98.4 Å². The van der Waals surface area contributed by atoms with Gasteiger partial charge in [0.25, 0.3) is 0 Å². The molecule has 16 rings (SSSR count). The zero-order valence-corrected chi connectivity index (χ0v) is 40.1. The molecule has 3 heteroatoms. The van der Waals surface area contributed by atoms with E-state index in [1.165, 1.54) is 65.7 Å². The zero-order chi connectivity index (χ0) is 48.5. The lowest BCUT2D eigenvalue weighted by atomic mass is 9.62. The number of furan rings is 1. The monoisotopic (exact) mass is 941 g/mol. The van der Waals surface area contributed by atoms with E-state index in [1.807, 2.05) is 12.1 Å². The molecule has 0 amide bonds. The molecule has 13 aromatic carbocycles. The number of hydrogen-bond acceptors (Lipinski definition) is 3. The summed E-state index contributed by atoms with van der Waals surface area (Å²) in [6.45, 7) is 0. The Bertz CT molecular complexity index is 4540. The minimum absolute atomic E-state index is 0.787. The topological polar surface area (TPSA) is 25.6 Å². The molecule has 2 heterocycles. The molecule has 14 aromatic rings. The van der Waals surface area contributed by atoms with Gasteiger partial charge in [-0.1, -0.05) is 212 Å². The van der Waals surface area contributed by atoms with Gasteiger partial charge in [-0.05, 0) is 120 Å². The highest BCUT2D eigenvalue weighted by atomic mass is 16.5. The summed E-state index contributed by atoms with van der Waals surface area (Å²) < 4.78 is 14.0. The van der Waals surface area contributed by atoms with Gasteiger partial charge in [0.15, 0.2) is 0 Å². The standard InChI is InChI=1S/C71H43NO2/c1-2-20-45(21-3-1)72(46-39-41-66-61(43-46)56-30-16-19-37-65(56)73-66)64-36-18-15-29-55(64)48-23-5-4-22-47(48)44-38-40-54-53-28-14-17-35-62(53)71(63(54)42-44)67-57-31-10-6-24-49(57)51-26-8-12-33-59(51)69(67)74-70-60-34-13-9-27-52(60)50-25-7-11-32-58(50)68(70)71/h1-43H. The predicted molar refractivity (Wildman–Crippen MR) is 307 cm³/mol. The summed E-state index contributed by atoms with van der Waals surface area (Å²) in [7, 11) is 0. The van der Waals surface area contributed by atoms with E-state index in [1.54, 1.807) is 0 Å². The molecule has 0 atom stereocenters. The second kappa shape index (κ2) is 15.6. The molecular formula is C71H43NO2. The number of rotatable bonds is 5. The molecule has 3 nitrogen and oxygen atoms in total. The van der Waals surface area contributed by atoms with E-state index in [2.05, 4.69) is 254 Å². The summed E-state index contributed by atoms with van der Waals surface area (Å²) in [6.07, 6.45) is 0. The maximum Gasteiger partial charge on any atom is 0.140 e. The largest absolute Gasteiger partial charge is 0.456 e. The molecule has 2 aliphatic rings. The lowest BCUT2D eigenvalue weighted by Crippen LogP contribution is -2.33. The third-order valence-corrected chi connectivity index (χ3v) is 16.1. The maximum atomic E-state index is 7.67. The van der Waals surface area contributed by atoms with Gasteiger partial charge >= 0.3 is 0 Å². The molecule has 1 aromatic heterocycles. The number of ether oxygens (including phenoxy) is 1. The minimum atomic E-state index is -0.787. The van der Waals surface area contributed by atoms with Crippen LogP contribution in [0.1, 0.15) is 22.3 Å². The van der Waals surface area contributed by atoms with Crippen LogP contribution in [0.15, 0.2) is 265 Å². The number of benzene rings is 13. The number of anilines is 3. The number of para-hydroxylation sites is 3. The van der Waals surface area contributed by atoms with E-state index >= 15 is 0 Å². The van der Waals surface area contributed by atoms with Crippen LogP contribution in [0.3, 0.4) is 0 Å². The van der Waals surface area contributed by atoms with Crippen molar-refractivity contribution in [1.82, 2.24) is 0 Å². The summed E-state index contributed by atoms with van der Waals surface area (Å²) in [5, 5.41) is 11.6. The molecule has 0 unspecified atom stereocenters. The predicted octanol–water partition coefficient (Wildman–Crippen LogP) is 19.5. The fourth-order valence-electron chi connectivity index (χ4n) is 13.1. The van der Waals surface area contributed by atoms with Crippen molar-refractivity contribution in [2.45, 2.75) is 5.41 Å². The SMILES string of the molecule is c1ccc(N(c2ccc3oc4ccccc4c3c2)c2ccccc2-c2ccccc2-c2ccc3c(c2)C2(c4ccccc4-3)c3c(c4ccccc4c4ccccc34)Oc3c2c2ccccc2c2ccccc32)cc1. The number of hydrogen-bond donors (Lipinski definition) is 0. The minimum Gasteiger partial charge on any atom is -0.456 e. The van der Waals surface area contributed by atoms with E-state index in [0.29, 0.717) is 0 Å². The smallest absolute Gasteiger partial charge is 0.140 e. The van der Waals surface area contributed by atoms with Crippen LogP contribution in [-0.2, 0) is 5.41 Å². The Morgan fingerprint density at radius 3 is 1.45 bits per heavy atom. The van der Waals surface area contributed by atoms with Crippen LogP contribution in [-0.4, -0.2) is 0 Å². The molecule has 344 valence electrons. The van der Waals surface area contributed by atoms with Crippen LogP contribution in [0.2, 0.25) is 0 Å². The van der Waals surface area contributed by atoms with Gasteiger partial charge in [-0.3, -0.25) is 0 Å². The van der Waals surface area contributed by atoms with Crippen LogP contribution in [0, 0.1) is 0 Å². The van der Waals surface area contributed by atoms with E-state index in [9.17, 15) is 0 Å². The molecule has 1 aliphatic carbocycles. The van der Waals surface area contributed by atoms with Crippen molar-refractivity contribution in [2.75, 3.05) is 4.90 Å². The first kappa shape index (κ1) is 41.0. The van der Waals surface area contributed by atoms with Gasteiger partial charge in [0.05, 0.1) is 11.1 Å². The second-order valence-corrected chi connectivity index (χ2v) is 19.8. The maximum absolute atomic E-state index is 7.67. The zero-order valence-electron chi connectivity index (χ0n) is 40.1. The van der Waals surface area contributed by atoms with E-state index < -0.39 is 5.41 Å². The Balaban J connectivity index is 0.986. The fourth-order valence-corrected chi connectivity index (χ4v) is 13.1. The molecule has 74 heavy (non-hydrogen) atoms. The summed E-state index contributed by atoms with van der Waals surface area (Å²) in [4.78, 5) is 2.39. The van der Waals surface area contributed by atoms with Crippen molar-refractivity contribution in [1.29, 1.82) is 0 Å². The van der Waals surface area contributed by atoms with Crippen LogP contribution in [0.4, 0.5) is 17.1 Å². The van der Waals surface area contributed by atoms with Gasteiger partial charge in [0.2, 0.25) is 0 Å². The Labute approximate surface area is 427 Å². The molecule has 0 fully saturated rings. The van der Waals surface area contributed by atoms with Gasteiger partial charge in [-0.15, -0.1) is 0 Å². The van der Waals surface area contributed by atoms with Crippen molar-refractivity contribution in [3.05, 3.63) is 283 Å². The van der Waals surface area contributed by atoms with Gasteiger partial charge in [0.1, 0.15) is 22.7 Å². The molecule has 0 radical (unpaired) electrons. The molecule has 0 saturated heterocycles. The highest BCUT2D eigenvalue weighted by Crippen LogP contribution is 2.67. The quantitative estimate of drug-likeness (QED) is 0.161. The van der Waals surface area contributed by atoms with Gasteiger partial charge in [0, 0.05) is 49.6 Å². The molecule has 0 N–H and O–H groups in total.